The quantitative estimate of drug-likeness (QED) is 0.0198. The summed E-state index contributed by atoms with van der Waals surface area (Å²) in [5, 5.41) is 11.7. The van der Waals surface area contributed by atoms with Crippen LogP contribution >= 0.6 is 0 Å². The molecule has 0 aliphatic heterocycles. The Bertz CT molecular complexity index is 1180. The van der Waals surface area contributed by atoms with Crippen LogP contribution in [0.2, 0.25) is 0 Å². The zero-order valence-corrected chi connectivity index (χ0v) is 40.1. The van der Waals surface area contributed by atoms with Crippen LogP contribution in [0.5, 0.6) is 0 Å². The van der Waals surface area contributed by atoms with Gasteiger partial charge >= 0.3 is 11.9 Å². The minimum absolute atomic E-state index is 0.0317. The average molecular weight is 856 g/mol. The second-order valence-electron chi connectivity index (χ2n) is 17.7. The molecule has 0 rings (SSSR count). The Morgan fingerprint density at radius 2 is 0.984 bits per heavy atom. The van der Waals surface area contributed by atoms with Gasteiger partial charge in [0.05, 0.1) is 40.3 Å². The molecule has 0 fully saturated rings. The van der Waals surface area contributed by atoms with Crippen molar-refractivity contribution in [1.82, 2.24) is 0 Å². The first kappa shape index (κ1) is 58.0. The van der Waals surface area contributed by atoms with Crippen molar-refractivity contribution in [3.05, 3.63) is 60.8 Å². The van der Waals surface area contributed by atoms with E-state index in [2.05, 4.69) is 74.6 Å². The summed E-state index contributed by atoms with van der Waals surface area (Å²) < 4.78 is 17.2. The van der Waals surface area contributed by atoms with Gasteiger partial charge in [0.2, 0.25) is 0 Å². The predicted octanol–water partition coefficient (Wildman–Crippen LogP) is 12.8. The van der Waals surface area contributed by atoms with E-state index < -0.39 is 18.1 Å². The molecule has 0 saturated heterocycles. The molecule has 0 heterocycles. The zero-order valence-electron chi connectivity index (χ0n) is 40.1. The minimum atomic E-state index is -1.13. The van der Waals surface area contributed by atoms with Crippen molar-refractivity contribution >= 4 is 17.9 Å². The Labute approximate surface area is 375 Å². The number of likely N-dealkylation sites (N-methyl/N-ethyl adjacent to an activating group) is 1. The predicted molar refractivity (Wildman–Crippen MR) is 254 cm³/mol. The molecular formula is C53H93NO7. The Kier molecular flexibility index (Phi) is 41.5. The van der Waals surface area contributed by atoms with E-state index in [0.717, 1.165) is 64.2 Å². The number of carbonyl (C=O) groups excluding carboxylic acids is 3. The molecule has 2 unspecified atom stereocenters. The lowest BCUT2D eigenvalue weighted by Crippen LogP contribution is -2.55. The van der Waals surface area contributed by atoms with Gasteiger partial charge in [-0.2, -0.15) is 0 Å². The Hall–Kier alpha value is -2.97. The summed E-state index contributed by atoms with van der Waals surface area (Å²) in [6.45, 7) is 4.52. The van der Waals surface area contributed by atoms with E-state index >= 15 is 0 Å². The Balaban J connectivity index is 4.28. The van der Waals surface area contributed by atoms with Crippen LogP contribution in [0.3, 0.4) is 0 Å². The summed E-state index contributed by atoms with van der Waals surface area (Å²) in [7, 11) is 5.40. The van der Waals surface area contributed by atoms with Gasteiger partial charge in [-0.1, -0.05) is 184 Å². The molecule has 2 atom stereocenters. The van der Waals surface area contributed by atoms with Crippen molar-refractivity contribution in [3.8, 4) is 0 Å². The van der Waals surface area contributed by atoms with E-state index in [1.807, 2.05) is 0 Å². The first-order valence-corrected chi connectivity index (χ1v) is 24.8. The van der Waals surface area contributed by atoms with E-state index in [4.69, 9.17) is 14.2 Å². The van der Waals surface area contributed by atoms with Crippen molar-refractivity contribution in [1.29, 1.82) is 0 Å². The Morgan fingerprint density at radius 3 is 1.48 bits per heavy atom. The highest BCUT2D eigenvalue weighted by Crippen LogP contribution is 2.14. The molecule has 0 bridgehead atoms. The van der Waals surface area contributed by atoms with Gasteiger partial charge < -0.3 is 28.6 Å². The smallest absolute Gasteiger partial charge is 0.306 e. The number of nitrogens with zero attached hydrogens (tertiary/aromatic N) is 1. The van der Waals surface area contributed by atoms with Crippen molar-refractivity contribution < 1.29 is 38.2 Å². The normalized spacial score (nSPS) is 13.4. The third-order valence-corrected chi connectivity index (χ3v) is 10.9. The largest absolute Gasteiger partial charge is 0.544 e. The standard InChI is InChI=1S/C53H93NO7/c1-6-8-10-12-14-16-18-20-22-23-24-25-26-27-28-30-32-34-36-38-40-42-44-52(56)61-49(47-59-46-45-50(53(57)58)54(3,4)5)48-60-51(55)43-41-39-37-35-33-31-29-21-19-17-15-13-11-9-7-2/h9,11,13,15,17,19,23-24,26-27,49-50H,6-8,10,12,14,16,18,20-22,25,28-48H2,1-5H3/b11-9+,15-13+,19-17+,24-23+,27-26+. The van der Waals surface area contributed by atoms with Crippen LogP contribution in [0.25, 0.3) is 0 Å². The maximum Gasteiger partial charge on any atom is 0.306 e. The van der Waals surface area contributed by atoms with E-state index in [0.29, 0.717) is 12.8 Å². The molecule has 0 aromatic carbocycles. The van der Waals surface area contributed by atoms with Gasteiger partial charge in [0.1, 0.15) is 12.6 Å². The number of quaternary nitrogens is 1. The first-order chi connectivity index (χ1) is 29.6. The number of carbonyl (C=O) groups is 3. The Morgan fingerprint density at radius 1 is 0.525 bits per heavy atom. The molecule has 0 N–H and O–H groups in total. The lowest BCUT2D eigenvalue weighted by molar-refractivity contribution is -0.889. The number of hydrogen-bond acceptors (Lipinski definition) is 7. The van der Waals surface area contributed by atoms with E-state index in [9.17, 15) is 19.5 Å². The summed E-state index contributed by atoms with van der Waals surface area (Å²) in [5.41, 5.74) is 0. The summed E-state index contributed by atoms with van der Waals surface area (Å²) in [6.07, 6.45) is 53.9. The van der Waals surface area contributed by atoms with Crippen LogP contribution in [-0.4, -0.2) is 75.5 Å². The number of unbranched alkanes of at least 4 members (excludes halogenated alkanes) is 22. The van der Waals surface area contributed by atoms with Crippen LogP contribution in [-0.2, 0) is 28.6 Å². The van der Waals surface area contributed by atoms with Crippen LogP contribution < -0.4 is 5.11 Å². The van der Waals surface area contributed by atoms with Gasteiger partial charge in [0, 0.05) is 19.3 Å². The van der Waals surface area contributed by atoms with Crippen LogP contribution in [0.15, 0.2) is 60.8 Å². The molecule has 0 aliphatic carbocycles. The lowest BCUT2D eigenvalue weighted by atomic mass is 10.1. The first-order valence-electron chi connectivity index (χ1n) is 24.8. The van der Waals surface area contributed by atoms with Crippen molar-refractivity contribution in [2.24, 2.45) is 0 Å². The van der Waals surface area contributed by atoms with Gasteiger partial charge in [-0.05, 0) is 64.2 Å². The fourth-order valence-electron chi connectivity index (χ4n) is 7.10. The van der Waals surface area contributed by atoms with Crippen LogP contribution in [0, 0.1) is 0 Å². The van der Waals surface area contributed by atoms with E-state index in [-0.39, 0.29) is 42.7 Å². The highest BCUT2D eigenvalue weighted by Gasteiger charge is 2.25. The SMILES string of the molecule is CC/C=C/C=C/C=C/CCCCCCCCCC(=O)OCC(COCCC(C(=O)[O-])[N+](C)(C)C)OC(=O)CCCCCCCCC/C=C/C/C=C/CCCCCCCCCC. The second kappa shape index (κ2) is 43.7. The number of carboxylic acids is 1. The molecule has 352 valence electrons. The molecule has 8 nitrogen and oxygen atoms in total. The summed E-state index contributed by atoms with van der Waals surface area (Å²) in [4.78, 5) is 37.0. The fraction of sp³-hybridized carbons (Fsp3) is 0.755. The summed E-state index contributed by atoms with van der Waals surface area (Å²) in [6, 6.07) is -0.731. The molecule has 0 aromatic heterocycles. The fourth-order valence-corrected chi connectivity index (χ4v) is 7.10. The van der Waals surface area contributed by atoms with E-state index in [1.165, 1.54) is 109 Å². The van der Waals surface area contributed by atoms with Crippen molar-refractivity contribution in [3.63, 3.8) is 0 Å². The monoisotopic (exact) mass is 856 g/mol. The third kappa shape index (κ3) is 42.1. The maximum absolute atomic E-state index is 12.8. The van der Waals surface area contributed by atoms with Crippen molar-refractivity contribution in [2.75, 3.05) is 41.0 Å². The molecule has 0 radical (unpaired) electrons. The van der Waals surface area contributed by atoms with Gasteiger partial charge in [0.25, 0.3) is 0 Å². The molecule has 0 aliphatic rings. The molecule has 0 saturated carbocycles. The lowest BCUT2D eigenvalue weighted by Gasteiger charge is -2.34. The topological polar surface area (TPSA) is 102 Å². The van der Waals surface area contributed by atoms with Crippen LogP contribution in [0.1, 0.15) is 206 Å². The second-order valence-corrected chi connectivity index (χ2v) is 17.7. The zero-order chi connectivity index (χ0) is 44.9. The summed E-state index contributed by atoms with van der Waals surface area (Å²) >= 11 is 0. The van der Waals surface area contributed by atoms with Gasteiger partial charge in [0.15, 0.2) is 6.10 Å². The average Bonchev–Trinajstić information content (AvgIpc) is 3.22. The highest BCUT2D eigenvalue weighted by atomic mass is 16.6. The molecule has 0 spiro atoms. The number of allylic oxidation sites excluding steroid dienone is 10. The molecule has 0 aromatic rings. The summed E-state index contributed by atoms with van der Waals surface area (Å²) in [5.74, 6) is -1.76. The number of aliphatic carboxylic acids is 1. The maximum atomic E-state index is 12.8. The highest BCUT2D eigenvalue weighted by molar-refractivity contribution is 5.70. The molecular weight excluding hydrogens is 763 g/mol. The third-order valence-electron chi connectivity index (χ3n) is 10.9. The van der Waals surface area contributed by atoms with Crippen LogP contribution in [0.4, 0.5) is 0 Å². The number of carboxylic acid groups (broad SMARTS) is 1. The number of esters is 2. The molecule has 61 heavy (non-hydrogen) atoms. The van der Waals surface area contributed by atoms with Crippen molar-refractivity contribution in [2.45, 2.75) is 219 Å². The van der Waals surface area contributed by atoms with Gasteiger partial charge in [-0.3, -0.25) is 9.59 Å². The van der Waals surface area contributed by atoms with Gasteiger partial charge in [-0.25, -0.2) is 0 Å². The molecule has 0 amide bonds. The van der Waals surface area contributed by atoms with Gasteiger partial charge in [-0.15, -0.1) is 0 Å². The van der Waals surface area contributed by atoms with E-state index in [1.54, 1.807) is 21.1 Å². The number of hydrogen-bond donors (Lipinski definition) is 0. The number of ether oxygens (including phenoxy) is 3. The number of rotatable bonds is 44. The minimum Gasteiger partial charge on any atom is -0.544 e. The molecule has 8 heteroatoms.